The van der Waals surface area contributed by atoms with Crippen molar-refractivity contribution in [3.63, 3.8) is 0 Å². The molecule has 1 aliphatic rings. The molecule has 0 aromatic carbocycles. The van der Waals surface area contributed by atoms with Crippen molar-refractivity contribution in [2.45, 2.75) is 31.4 Å². The minimum atomic E-state index is -0.116. The van der Waals surface area contributed by atoms with Gasteiger partial charge in [0.1, 0.15) is 0 Å². The highest BCUT2D eigenvalue weighted by molar-refractivity contribution is 4.94. The quantitative estimate of drug-likeness (QED) is 0.446. The van der Waals surface area contributed by atoms with Gasteiger partial charge in [-0.3, -0.25) is 0 Å². The third-order valence-electron chi connectivity index (χ3n) is 1.40. The summed E-state index contributed by atoms with van der Waals surface area (Å²) in [4.78, 5) is 0. The molecule has 0 aromatic heterocycles. The van der Waals surface area contributed by atoms with E-state index in [1.54, 1.807) is 0 Å². The topological polar surface area (TPSA) is 46.2 Å². The first-order chi connectivity index (χ1) is 3.10. The average Bonchev–Trinajstić information content (AvgIpc) is 1.27. The van der Waals surface area contributed by atoms with Gasteiger partial charge in [-0.1, -0.05) is 0 Å². The van der Waals surface area contributed by atoms with E-state index in [4.69, 9.17) is 10.8 Å². The van der Waals surface area contributed by atoms with Gasteiger partial charge in [-0.2, -0.15) is 0 Å². The lowest BCUT2D eigenvalue weighted by Gasteiger charge is -2.38. The Bertz CT molecular complexity index is 72.1. The molecule has 0 unspecified atom stereocenters. The van der Waals surface area contributed by atoms with Gasteiger partial charge in [-0.15, -0.1) is 0 Å². The summed E-state index contributed by atoms with van der Waals surface area (Å²) in [5.41, 5.74) is 5.50. The van der Waals surface area contributed by atoms with Crippen molar-refractivity contribution in [2.75, 3.05) is 0 Å². The van der Waals surface area contributed by atoms with Crippen LogP contribution in [0.5, 0.6) is 0 Å². The maximum atomic E-state index is 8.70. The van der Waals surface area contributed by atoms with Crippen LogP contribution in [-0.2, 0) is 0 Å². The van der Waals surface area contributed by atoms with Crippen LogP contribution in [0.3, 0.4) is 0 Å². The second-order valence-electron chi connectivity index (χ2n) is 2.72. The molecule has 2 nitrogen and oxygen atoms in total. The largest absolute Gasteiger partial charge is 0.393 e. The average molecular weight is 101 g/mol. The van der Waals surface area contributed by atoms with Gasteiger partial charge in [0.05, 0.1) is 6.10 Å². The number of aliphatic hydroxyl groups excluding tert-OH is 1. The lowest BCUT2D eigenvalue weighted by atomic mass is 9.77. The van der Waals surface area contributed by atoms with Crippen molar-refractivity contribution in [3.8, 4) is 0 Å². The van der Waals surface area contributed by atoms with Crippen molar-refractivity contribution >= 4 is 0 Å². The molecular formula is C5H11NO. The molecule has 3 N–H and O–H groups in total. The Morgan fingerprint density at radius 2 is 2.14 bits per heavy atom. The summed E-state index contributed by atoms with van der Waals surface area (Å²) in [6.45, 7) is 1.96. The number of aliphatic hydroxyl groups is 1. The van der Waals surface area contributed by atoms with E-state index < -0.39 is 0 Å². The number of hydrogen-bond donors (Lipinski definition) is 2. The van der Waals surface area contributed by atoms with Crippen LogP contribution in [0, 0.1) is 0 Å². The fourth-order valence-corrected chi connectivity index (χ4v) is 1.02. The fourth-order valence-electron chi connectivity index (χ4n) is 1.02. The predicted octanol–water partition coefficient (Wildman–Crippen LogP) is -0.142. The van der Waals surface area contributed by atoms with Gasteiger partial charge in [-0.05, 0) is 19.8 Å². The zero-order valence-corrected chi connectivity index (χ0v) is 4.52. The van der Waals surface area contributed by atoms with Crippen molar-refractivity contribution in [3.05, 3.63) is 0 Å². The van der Waals surface area contributed by atoms with E-state index in [0.717, 1.165) is 12.8 Å². The molecule has 0 spiro atoms. The van der Waals surface area contributed by atoms with Crippen LogP contribution in [0.25, 0.3) is 0 Å². The molecule has 0 aromatic rings. The van der Waals surface area contributed by atoms with Gasteiger partial charge >= 0.3 is 0 Å². The lowest BCUT2D eigenvalue weighted by molar-refractivity contribution is 0.0323. The van der Waals surface area contributed by atoms with Crippen molar-refractivity contribution < 1.29 is 5.11 Å². The monoisotopic (exact) mass is 101 g/mol. The van der Waals surface area contributed by atoms with Gasteiger partial charge in [-0.25, -0.2) is 0 Å². The van der Waals surface area contributed by atoms with Crippen LogP contribution in [0.2, 0.25) is 0 Å². The summed E-state index contributed by atoms with van der Waals surface area (Å²) in [5, 5.41) is 8.70. The second-order valence-corrected chi connectivity index (χ2v) is 2.72. The smallest absolute Gasteiger partial charge is 0.0575 e. The zero-order chi connectivity index (χ0) is 5.49. The Hall–Kier alpha value is -0.0800. The van der Waals surface area contributed by atoms with E-state index in [1.807, 2.05) is 6.92 Å². The highest BCUT2D eigenvalue weighted by atomic mass is 16.3. The number of nitrogens with two attached hydrogens (primary N) is 1. The molecule has 0 heterocycles. The van der Waals surface area contributed by atoms with Crippen LogP contribution in [-0.4, -0.2) is 16.7 Å². The van der Waals surface area contributed by atoms with Gasteiger partial charge in [0.15, 0.2) is 0 Å². The van der Waals surface area contributed by atoms with Crippen LogP contribution in [0.4, 0.5) is 0 Å². The molecule has 1 aliphatic carbocycles. The van der Waals surface area contributed by atoms with Crippen molar-refractivity contribution in [1.82, 2.24) is 0 Å². The highest BCUT2D eigenvalue weighted by Gasteiger charge is 2.34. The second kappa shape index (κ2) is 1.20. The molecule has 42 valence electrons. The van der Waals surface area contributed by atoms with Crippen LogP contribution >= 0.6 is 0 Å². The zero-order valence-electron chi connectivity index (χ0n) is 4.52. The lowest BCUT2D eigenvalue weighted by Crippen LogP contribution is -2.51. The summed E-state index contributed by atoms with van der Waals surface area (Å²) in [5.74, 6) is 0. The standard InChI is InChI=1S/C5H11NO/c1-5(6)2-4(7)3-5/h4,7H,2-3,6H2,1H3/t4-,5+. The fraction of sp³-hybridized carbons (Fsp3) is 1.00. The minimum Gasteiger partial charge on any atom is -0.393 e. The Balaban J connectivity index is 2.29. The third-order valence-corrected chi connectivity index (χ3v) is 1.40. The molecule has 1 rings (SSSR count). The first-order valence-electron chi connectivity index (χ1n) is 2.57. The van der Waals surface area contributed by atoms with E-state index in [2.05, 4.69) is 0 Å². The Morgan fingerprint density at radius 1 is 1.71 bits per heavy atom. The van der Waals surface area contributed by atoms with E-state index >= 15 is 0 Å². The summed E-state index contributed by atoms with van der Waals surface area (Å²) < 4.78 is 0. The number of hydrogen-bond acceptors (Lipinski definition) is 2. The molecule has 2 heteroatoms. The number of rotatable bonds is 0. The molecule has 0 radical (unpaired) electrons. The van der Waals surface area contributed by atoms with E-state index in [0.29, 0.717) is 0 Å². The van der Waals surface area contributed by atoms with E-state index in [-0.39, 0.29) is 11.6 Å². The molecule has 0 atom stereocenters. The van der Waals surface area contributed by atoms with E-state index in [1.165, 1.54) is 0 Å². The molecule has 7 heavy (non-hydrogen) atoms. The van der Waals surface area contributed by atoms with E-state index in [9.17, 15) is 0 Å². The SMILES string of the molecule is C[C@]1(N)C[C@@H](O)C1. The maximum Gasteiger partial charge on any atom is 0.0575 e. The first-order valence-corrected chi connectivity index (χ1v) is 2.57. The summed E-state index contributed by atoms with van der Waals surface area (Å²) in [7, 11) is 0. The van der Waals surface area contributed by atoms with Crippen LogP contribution < -0.4 is 5.73 Å². The van der Waals surface area contributed by atoms with Crippen molar-refractivity contribution in [2.24, 2.45) is 5.73 Å². The molecule has 0 bridgehead atoms. The van der Waals surface area contributed by atoms with Crippen molar-refractivity contribution in [1.29, 1.82) is 0 Å². The predicted molar refractivity (Wildman–Crippen MR) is 27.8 cm³/mol. The summed E-state index contributed by atoms with van der Waals surface area (Å²) in [6.07, 6.45) is 1.43. The van der Waals surface area contributed by atoms with Gasteiger partial charge in [0.25, 0.3) is 0 Å². The summed E-state index contributed by atoms with van der Waals surface area (Å²) in [6, 6.07) is 0. The molecule has 0 amide bonds. The minimum absolute atomic E-state index is 0.0561. The van der Waals surface area contributed by atoms with Gasteiger partial charge < -0.3 is 10.8 Å². The third kappa shape index (κ3) is 0.924. The molecule has 0 aliphatic heterocycles. The Morgan fingerprint density at radius 3 is 2.14 bits per heavy atom. The molecule has 1 saturated carbocycles. The van der Waals surface area contributed by atoms with Crippen LogP contribution in [0.15, 0.2) is 0 Å². The first kappa shape index (κ1) is 5.06. The van der Waals surface area contributed by atoms with Gasteiger partial charge in [0.2, 0.25) is 0 Å². The normalized spacial score (nSPS) is 51.0. The Labute approximate surface area is 43.3 Å². The summed E-state index contributed by atoms with van der Waals surface area (Å²) >= 11 is 0. The highest BCUT2D eigenvalue weighted by Crippen LogP contribution is 2.28. The van der Waals surface area contributed by atoms with Gasteiger partial charge in [0, 0.05) is 5.54 Å². The molecular weight excluding hydrogens is 90.1 g/mol. The molecule has 0 saturated heterocycles. The van der Waals surface area contributed by atoms with Crippen LogP contribution in [0.1, 0.15) is 19.8 Å². The Kier molecular flexibility index (Phi) is 0.869. The maximum absolute atomic E-state index is 8.70. The molecule has 1 fully saturated rings.